The van der Waals surface area contributed by atoms with E-state index in [1.54, 1.807) is 12.1 Å². The van der Waals surface area contributed by atoms with Crippen LogP contribution in [0.2, 0.25) is 0 Å². The van der Waals surface area contributed by atoms with Gasteiger partial charge in [-0.05, 0) is 81.0 Å². The Labute approximate surface area is 174 Å². The van der Waals surface area contributed by atoms with Gasteiger partial charge in [-0.25, -0.2) is 4.79 Å². The lowest BCUT2D eigenvalue weighted by molar-refractivity contribution is 0.0697. The Hall–Kier alpha value is -1.82. The summed E-state index contributed by atoms with van der Waals surface area (Å²) in [5.74, 6) is -0.0517. The van der Waals surface area contributed by atoms with Crippen molar-refractivity contribution in [3.05, 3.63) is 42.0 Å². The van der Waals surface area contributed by atoms with Crippen molar-refractivity contribution in [2.45, 2.75) is 32.6 Å². The van der Waals surface area contributed by atoms with Crippen molar-refractivity contribution >= 4 is 29.1 Å². The van der Waals surface area contributed by atoms with Crippen molar-refractivity contribution < 1.29 is 14.6 Å². The molecule has 0 aromatic heterocycles. The first kappa shape index (κ1) is 24.2. The van der Waals surface area contributed by atoms with Gasteiger partial charge >= 0.3 is 5.97 Å². The molecule has 0 bridgehead atoms. The summed E-state index contributed by atoms with van der Waals surface area (Å²) in [4.78, 5) is 13.5. The number of piperidine rings is 1. The Kier molecular flexibility index (Phi) is 11.6. The summed E-state index contributed by atoms with van der Waals surface area (Å²) in [7, 11) is 1.93. The van der Waals surface area contributed by atoms with Gasteiger partial charge in [0.2, 0.25) is 0 Å². The third kappa shape index (κ3) is 8.05. The van der Waals surface area contributed by atoms with Gasteiger partial charge in [0.1, 0.15) is 5.75 Å². The van der Waals surface area contributed by atoms with Gasteiger partial charge in [0.15, 0.2) is 0 Å². The molecule has 0 unspecified atom stereocenters. The Morgan fingerprint density at radius 3 is 2.39 bits per heavy atom. The van der Waals surface area contributed by atoms with Crippen LogP contribution in [0.25, 0.3) is 10.8 Å². The molecule has 2 aromatic carbocycles. The number of likely N-dealkylation sites (tertiary alicyclic amines) is 1. The lowest BCUT2D eigenvalue weighted by Gasteiger charge is -2.26. The predicted octanol–water partition coefficient (Wildman–Crippen LogP) is 4.44. The van der Waals surface area contributed by atoms with E-state index in [-0.39, 0.29) is 12.4 Å². The molecular weight excluding hydrogens is 376 g/mol. The maximum Gasteiger partial charge on any atom is 0.335 e. The first-order valence-electron chi connectivity index (χ1n) is 9.91. The van der Waals surface area contributed by atoms with E-state index in [2.05, 4.69) is 17.1 Å². The maximum atomic E-state index is 11.0. The summed E-state index contributed by atoms with van der Waals surface area (Å²) < 4.78 is 5.84. The number of hydrogen-bond donors (Lipinski definition) is 2. The molecule has 28 heavy (non-hydrogen) atoms. The van der Waals surface area contributed by atoms with E-state index < -0.39 is 5.97 Å². The van der Waals surface area contributed by atoms with Gasteiger partial charge in [0, 0.05) is 6.54 Å². The largest absolute Gasteiger partial charge is 0.494 e. The zero-order valence-electron chi connectivity index (χ0n) is 16.9. The second kappa shape index (κ2) is 13.4. The molecule has 1 aliphatic rings. The Morgan fingerprint density at radius 1 is 1.11 bits per heavy atom. The van der Waals surface area contributed by atoms with Gasteiger partial charge in [0.25, 0.3) is 0 Å². The smallest absolute Gasteiger partial charge is 0.335 e. The molecule has 0 atom stereocenters. The van der Waals surface area contributed by atoms with Crippen molar-refractivity contribution in [2.75, 3.05) is 39.8 Å². The summed E-state index contributed by atoms with van der Waals surface area (Å²) in [5, 5.41) is 13.9. The van der Waals surface area contributed by atoms with Gasteiger partial charge in [-0.3, -0.25) is 0 Å². The van der Waals surface area contributed by atoms with Crippen LogP contribution < -0.4 is 10.1 Å². The zero-order chi connectivity index (χ0) is 19.5. The molecule has 0 saturated carbocycles. The highest BCUT2D eigenvalue weighted by molar-refractivity contribution is 5.94. The van der Waals surface area contributed by atoms with Crippen LogP contribution in [-0.2, 0) is 0 Å². The van der Waals surface area contributed by atoms with Crippen molar-refractivity contribution in [1.82, 2.24) is 10.2 Å². The number of carboxylic acid groups (broad SMARTS) is 1. The average Bonchev–Trinajstić information content (AvgIpc) is 2.71. The number of aromatic carboxylic acids is 1. The molecule has 2 N–H and O–H groups in total. The Morgan fingerprint density at radius 2 is 1.75 bits per heavy atom. The lowest BCUT2D eigenvalue weighted by atomic mass is 10.1. The quantitative estimate of drug-likeness (QED) is 0.663. The fourth-order valence-corrected chi connectivity index (χ4v) is 3.11. The molecule has 1 saturated heterocycles. The van der Waals surface area contributed by atoms with E-state index >= 15 is 0 Å². The first-order valence-corrected chi connectivity index (χ1v) is 9.91. The van der Waals surface area contributed by atoms with Crippen LogP contribution in [0.15, 0.2) is 36.4 Å². The molecule has 0 amide bonds. The summed E-state index contributed by atoms with van der Waals surface area (Å²) in [6, 6.07) is 11.0. The molecule has 2 aromatic rings. The molecule has 5 nitrogen and oxygen atoms in total. The molecule has 0 radical (unpaired) electrons. The molecule has 0 spiro atoms. The van der Waals surface area contributed by atoms with E-state index in [0.29, 0.717) is 5.56 Å². The van der Waals surface area contributed by atoms with Crippen LogP contribution in [0.3, 0.4) is 0 Å². The average molecular weight is 409 g/mol. The van der Waals surface area contributed by atoms with E-state index in [4.69, 9.17) is 9.84 Å². The maximum absolute atomic E-state index is 11.0. The third-order valence-corrected chi connectivity index (χ3v) is 4.75. The second-order valence-corrected chi connectivity index (χ2v) is 6.84. The standard InChI is InChI=1S/C19H23NO3.C3H9N.ClH/c21-19(22)17-6-5-16-14-18(8-7-15(16)13-17)23-12-4-11-20-9-2-1-3-10-20;1-3-4-2;/h5-8,13-14H,1-4,9-12H2,(H,21,22);4H,3H2,1-2H3;1H. The molecule has 156 valence electrons. The van der Waals surface area contributed by atoms with Crippen molar-refractivity contribution in [1.29, 1.82) is 0 Å². The summed E-state index contributed by atoms with van der Waals surface area (Å²) in [6.45, 7) is 7.41. The van der Waals surface area contributed by atoms with Crippen LogP contribution in [0.4, 0.5) is 0 Å². The normalized spacial score (nSPS) is 13.9. The van der Waals surface area contributed by atoms with Crippen LogP contribution >= 0.6 is 12.4 Å². The van der Waals surface area contributed by atoms with E-state index in [1.807, 2.05) is 31.3 Å². The highest BCUT2D eigenvalue weighted by Crippen LogP contribution is 2.22. The molecule has 1 heterocycles. The summed E-state index contributed by atoms with van der Waals surface area (Å²) >= 11 is 0. The first-order chi connectivity index (χ1) is 13.1. The number of carbonyl (C=O) groups is 1. The van der Waals surface area contributed by atoms with Gasteiger partial charge < -0.3 is 20.1 Å². The number of nitrogens with zero attached hydrogens (tertiary/aromatic N) is 1. The number of rotatable bonds is 7. The van der Waals surface area contributed by atoms with Crippen molar-refractivity contribution in [3.63, 3.8) is 0 Å². The molecule has 0 aliphatic carbocycles. The van der Waals surface area contributed by atoms with Crippen molar-refractivity contribution in [3.8, 4) is 5.75 Å². The summed E-state index contributed by atoms with van der Waals surface area (Å²) in [5.41, 5.74) is 0.313. The Balaban J connectivity index is 0.000000717. The lowest BCUT2D eigenvalue weighted by Crippen LogP contribution is -2.31. The highest BCUT2D eigenvalue weighted by atomic mass is 35.5. The zero-order valence-corrected chi connectivity index (χ0v) is 17.8. The van der Waals surface area contributed by atoms with Crippen LogP contribution in [-0.4, -0.2) is 55.8 Å². The van der Waals surface area contributed by atoms with Crippen LogP contribution in [0, 0.1) is 0 Å². The molecule has 3 rings (SSSR count). The fourth-order valence-electron chi connectivity index (χ4n) is 3.11. The molecule has 1 aliphatic heterocycles. The highest BCUT2D eigenvalue weighted by Gasteiger charge is 2.09. The van der Waals surface area contributed by atoms with Crippen LogP contribution in [0.5, 0.6) is 5.75 Å². The second-order valence-electron chi connectivity index (χ2n) is 6.84. The van der Waals surface area contributed by atoms with Gasteiger partial charge in [0.05, 0.1) is 12.2 Å². The van der Waals surface area contributed by atoms with E-state index in [0.717, 1.165) is 42.6 Å². The molecular formula is C22H33ClN2O3. The van der Waals surface area contributed by atoms with E-state index in [1.165, 1.54) is 32.4 Å². The number of hydrogen-bond acceptors (Lipinski definition) is 4. The van der Waals surface area contributed by atoms with Gasteiger partial charge in [-0.15, -0.1) is 12.4 Å². The van der Waals surface area contributed by atoms with Crippen molar-refractivity contribution in [2.24, 2.45) is 0 Å². The van der Waals surface area contributed by atoms with Crippen LogP contribution in [0.1, 0.15) is 43.0 Å². The SMILES string of the molecule is CCNC.Cl.O=C(O)c1ccc2cc(OCCCN3CCCCC3)ccc2c1. The third-order valence-electron chi connectivity index (χ3n) is 4.75. The molecule has 6 heteroatoms. The monoisotopic (exact) mass is 408 g/mol. The molecule has 1 fully saturated rings. The number of fused-ring (bicyclic) bond motifs is 1. The number of carboxylic acids is 1. The van der Waals surface area contributed by atoms with Gasteiger partial charge in [-0.1, -0.05) is 25.5 Å². The van der Waals surface area contributed by atoms with Gasteiger partial charge in [-0.2, -0.15) is 0 Å². The topological polar surface area (TPSA) is 61.8 Å². The number of halogens is 1. The summed E-state index contributed by atoms with van der Waals surface area (Å²) in [6.07, 6.45) is 5.05. The number of benzene rings is 2. The minimum absolute atomic E-state index is 0. The minimum Gasteiger partial charge on any atom is -0.494 e. The minimum atomic E-state index is -0.898. The number of nitrogens with one attached hydrogen (secondary N) is 1. The number of ether oxygens (including phenoxy) is 1. The Bertz CT molecular complexity index is 716. The predicted molar refractivity (Wildman–Crippen MR) is 118 cm³/mol. The van der Waals surface area contributed by atoms with E-state index in [9.17, 15) is 4.79 Å². The fraction of sp³-hybridized carbons (Fsp3) is 0.500.